The van der Waals surface area contributed by atoms with Crippen LogP contribution < -0.4 is 5.32 Å². The van der Waals surface area contributed by atoms with Crippen LogP contribution in [0.25, 0.3) is 6.08 Å². The maximum Gasteiger partial charge on any atom is 0.328 e. The molecule has 7 nitrogen and oxygen atoms in total. The number of thioether (sulfide) groups is 1. The van der Waals surface area contributed by atoms with Crippen LogP contribution in [0.4, 0.5) is 0 Å². The first-order chi connectivity index (χ1) is 12.3. The summed E-state index contributed by atoms with van der Waals surface area (Å²) >= 11 is 1.53. The predicted octanol–water partition coefficient (Wildman–Crippen LogP) is 1.33. The molecule has 9 heteroatoms. The second kappa shape index (κ2) is 11.0. The van der Waals surface area contributed by atoms with Crippen molar-refractivity contribution in [1.82, 2.24) is 9.62 Å². The summed E-state index contributed by atoms with van der Waals surface area (Å²) in [6.45, 7) is -0.395. The lowest BCUT2D eigenvalue weighted by Gasteiger charge is -2.19. The van der Waals surface area contributed by atoms with Gasteiger partial charge in [-0.05, 0) is 30.1 Å². The number of nitrogens with zero attached hydrogens (tertiary/aromatic N) is 1. The number of carbonyl (C=O) groups excluding carboxylic acids is 2. The minimum atomic E-state index is -3.76. The van der Waals surface area contributed by atoms with Crippen LogP contribution in [0.3, 0.4) is 0 Å². The number of rotatable bonds is 10. The number of hydrogen-bond donors (Lipinski definition) is 1. The molecule has 0 aromatic heterocycles. The van der Waals surface area contributed by atoms with Gasteiger partial charge in [0.2, 0.25) is 15.9 Å². The average Bonchev–Trinajstić information content (AvgIpc) is 2.63. The number of nitrogens with one attached hydrogen (secondary N) is 1. The van der Waals surface area contributed by atoms with Crippen LogP contribution in [-0.2, 0) is 24.3 Å². The highest BCUT2D eigenvalue weighted by Gasteiger charge is 2.24. The molecule has 0 radical (unpaired) electrons. The van der Waals surface area contributed by atoms with Crippen molar-refractivity contribution in [2.24, 2.45) is 0 Å². The normalized spacial score (nSPS) is 12.9. The van der Waals surface area contributed by atoms with E-state index in [9.17, 15) is 18.0 Å². The van der Waals surface area contributed by atoms with Crippen molar-refractivity contribution < 1.29 is 22.7 Å². The van der Waals surface area contributed by atoms with E-state index in [1.54, 1.807) is 24.3 Å². The molecule has 0 aliphatic heterocycles. The standard InChI is InChI=1S/C17H24N2O5S2/c1-19(26(22,23)12-10-14-7-5-4-6-8-14)13-16(20)18-15(9-11-25-3)17(21)24-2/h4-8,10,12,15H,9,11,13H2,1-3H3,(H,18,20)/b12-10+/t15-/m1/s1. The second-order valence-electron chi connectivity index (χ2n) is 5.44. The summed E-state index contributed by atoms with van der Waals surface area (Å²) in [5, 5.41) is 3.57. The number of carbonyl (C=O) groups is 2. The number of ether oxygens (including phenoxy) is 1. The Morgan fingerprint density at radius 2 is 1.96 bits per heavy atom. The van der Waals surface area contributed by atoms with Gasteiger partial charge in [-0.1, -0.05) is 30.3 Å². The molecule has 1 rings (SSSR count). The van der Waals surface area contributed by atoms with Crippen LogP contribution in [0, 0.1) is 0 Å². The SMILES string of the molecule is COC(=O)[C@@H](CCSC)NC(=O)CN(C)S(=O)(=O)/C=C/c1ccccc1. The molecular formula is C17H24N2O5S2. The van der Waals surface area contributed by atoms with Gasteiger partial charge in [-0.3, -0.25) is 4.79 Å². The summed E-state index contributed by atoms with van der Waals surface area (Å²) < 4.78 is 30.1. The molecule has 1 amide bonds. The monoisotopic (exact) mass is 400 g/mol. The van der Waals surface area contributed by atoms with Crippen LogP contribution in [-0.4, -0.2) is 63.4 Å². The van der Waals surface area contributed by atoms with Crippen LogP contribution >= 0.6 is 11.8 Å². The van der Waals surface area contributed by atoms with E-state index >= 15 is 0 Å². The summed E-state index contributed by atoms with van der Waals surface area (Å²) in [7, 11) is -1.21. The predicted molar refractivity (Wildman–Crippen MR) is 104 cm³/mol. The number of amides is 1. The van der Waals surface area contributed by atoms with Crippen molar-refractivity contribution in [2.45, 2.75) is 12.5 Å². The smallest absolute Gasteiger partial charge is 0.328 e. The van der Waals surface area contributed by atoms with Gasteiger partial charge in [0, 0.05) is 12.5 Å². The first-order valence-electron chi connectivity index (χ1n) is 7.85. The van der Waals surface area contributed by atoms with Crippen LogP contribution in [0.15, 0.2) is 35.7 Å². The van der Waals surface area contributed by atoms with Gasteiger partial charge in [0.05, 0.1) is 13.7 Å². The molecule has 1 aromatic rings. The fraction of sp³-hybridized carbons (Fsp3) is 0.412. The number of sulfonamides is 1. The van der Waals surface area contributed by atoms with Crippen molar-refractivity contribution in [3.05, 3.63) is 41.3 Å². The maximum absolute atomic E-state index is 12.3. The molecule has 0 saturated heterocycles. The number of esters is 1. The lowest BCUT2D eigenvalue weighted by Crippen LogP contribution is -2.46. The van der Waals surface area contributed by atoms with Crippen molar-refractivity contribution in [3.8, 4) is 0 Å². The Balaban J connectivity index is 2.68. The molecule has 0 heterocycles. The lowest BCUT2D eigenvalue weighted by atomic mass is 10.2. The van der Waals surface area contributed by atoms with Gasteiger partial charge in [0.15, 0.2) is 0 Å². The molecule has 1 atom stereocenters. The number of hydrogen-bond acceptors (Lipinski definition) is 6. The van der Waals surface area contributed by atoms with Gasteiger partial charge in [0.1, 0.15) is 6.04 Å². The first kappa shape index (κ1) is 22.2. The quantitative estimate of drug-likeness (QED) is 0.596. The molecule has 1 N–H and O–H groups in total. The van der Waals surface area contributed by atoms with Crippen molar-refractivity contribution in [3.63, 3.8) is 0 Å². The molecule has 144 valence electrons. The average molecular weight is 401 g/mol. The van der Waals surface area contributed by atoms with Crippen molar-refractivity contribution in [2.75, 3.05) is 32.7 Å². The van der Waals surface area contributed by atoms with Crippen LogP contribution in [0.5, 0.6) is 0 Å². The van der Waals surface area contributed by atoms with E-state index < -0.39 is 34.5 Å². The third kappa shape index (κ3) is 7.59. The fourth-order valence-electron chi connectivity index (χ4n) is 1.99. The van der Waals surface area contributed by atoms with E-state index in [0.717, 1.165) is 15.3 Å². The molecule has 0 aliphatic carbocycles. The van der Waals surface area contributed by atoms with E-state index in [4.69, 9.17) is 0 Å². The highest BCUT2D eigenvalue weighted by atomic mass is 32.2. The summed E-state index contributed by atoms with van der Waals surface area (Å²) in [6.07, 6.45) is 3.75. The highest BCUT2D eigenvalue weighted by Crippen LogP contribution is 2.07. The van der Waals surface area contributed by atoms with Gasteiger partial charge < -0.3 is 10.1 Å². The first-order valence-corrected chi connectivity index (χ1v) is 10.8. The van der Waals surface area contributed by atoms with Gasteiger partial charge in [-0.15, -0.1) is 0 Å². The molecule has 1 aromatic carbocycles. The zero-order valence-corrected chi connectivity index (χ0v) is 16.7. The Morgan fingerprint density at radius 1 is 1.31 bits per heavy atom. The number of likely N-dealkylation sites (N-methyl/N-ethyl adjacent to an activating group) is 1. The van der Waals surface area contributed by atoms with Gasteiger partial charge in [-0.25, -0.2) is 13.2 Å². The number of benzene rings is 1. The molecule has 26 heavy (non-hydrogen) atoms. The highest BCUT2D eigenvalue weighted by molar-refractivity contribution is 7.98. The summed E-state index contributed by atoms with van der Waals surface area (Å²) in [5.41, 5.74) is 0.733. The lowest BCUT2D eigenvalue weighted by molar-refractivity contribution is -0.145. The van der Waals surface area contributed by atoms with Gasteiger partial charge in [-0.2, -0.15) is 16.1 Å². The van der Waals surface area contributed by atoms with Crippen molar-refractivity contribution >= 4 is 39.7 Å². The van der Waals surface area contributed by atoms with Crippen LogP contribution in [0.1, 0.15) is 12.0 Å². The largest absolute Gasteiger partial charge is 0.467 e. The molecule has 0 unspecified atom stereocenters. The zero-order chi connectivity index (χ0) is 19.6. The van der Waals surface area contributed by atoms with E-state index in [0.29, 0.717) is 12.2 Å². The fourth-order valence-corrected chi connectivity index (χ4v) is 3.30. The van der Waals surface area contributed by atoms with E-state index in [1.165, 1.54) is 32.0 Å². The maximum atomic E-state index is 12.3. The molecule has 0 aliphatic rings. The summed E-state index contributed by atoms with van der Waals surface area (Å²) in [4.78, 5) is 23.8. The Labute approximate surface area is 158 Å². The van der Waals surface area contributed by atoms with E-state index in [-0.39, 0.29) is 0 Å². The third-order valence-corrected chi connectivity index (χ3v) is 5.59. The summed E-state index contributed by atoms with van der Waals surface area (Å²) in [5.74, 6) is -0.462. The topological polar surface area (TPSA) is 92.8 Å². The molecule has 0 spiro atoms. The minimum Gasteiger partial charge on any atom is -0.467 e. The van der Waals surface area contributed by atoms with Crippen molar-refractivity contribution in [1.29, 1.82) is 0 Å². The van der Waals surface area contributed by atoms with Gasteiger partial charge in [0.25, 0.3) is 0 Å². The minimum absolute atomic E-state index is 0.395. The third-order valence-electron chi connectivity index (χ3n) is 3.46. The van der Waals surface area contributed by atoms with Gasteiger partial charge >= 0.3 is 5.97 Å². The molecule has 0 fully saturated rings. The second-order valence-corrected chi connectivity index (χ2v) is 8.35. The van der Waals surface area contributed by atoms with Crippen LogP contribution in [0.2, 0.25) is 0 Å². The molecule has 0 saturated carbocycles. The Hall–Kier alpha value is -1.84. The Kier molecular flexibility index (Phi) is 9.39. The Morgan fingerprint density at radius 3 is 2.54 bits per heavy atom. The molecular weight excluding hydrogens is 376 g/mol. The van der Waals surface area contributed by atoms with E-state index in [1.807, 2.05) is 12.3 Å². The zero-order valence-electron chi connectivity index (χ0n) is 15.0. The van der Waals surface area contributed by atoms with E-state index in [2.05, 4.69) is 10.1 Å². The number of methoxy groups -OCH3 is 1. The molecule has 0 bridgehead atoms. The Bertz CT molecular complexity index is 720. The summed E-state index contributed by atoms with van der Waals surface area (Å²) in [6, 6.07) is 8.17.